The number of rotatable bonds is 1. The lowest BCUT2D eigenvalue weighted by molar-refractivity contribution is -0.138. The van der Waals surface area contributed by atoms with Gasteiger partial charge in [0.25, 0.3) is 0 Å². The molecule has 2 aliphatic rings. The third-order valence-electron chi connectivity index (χ3n) is 1.63. The smallest absolute Gasteiger partial charge is 0.332 e. The quantitative estimate of drug-likeness (QED) is 0.460. The number of nitrogens with zero attached hydrogens (tertiary/aromatic N) is 2. The van der Waals surface area contributed by atoms with Gasteiger partial charge in [-0.15, -0.1) is 0 Å². The average Bonchev–Trinajstić information content (AvgIpc) is 2.47. The predicted molar refractivity (Wildman–Crippen MR) is 41.7 cm³/mol. The summed E-state index contributed by atoms with van der Waals surface area (Å²) < 4.78 is 0. The second kappa shape index (κ2) is 2.33. The molecule has 0 amide bonds. The fraction of sp³-hybridized carbons (Fsp3) is 0.167. The molecule has 12 heavy (non-hydrogen) atoms. The van der Waals surface area contributed by atoms with Crippen LogP contribution in [0.25, 0.3) is 0 Å². The molecule has 0 bridgehead atoms. The van der Waals surface area contributed by atoms with Crippen LogP contribution in [0.5, 0.6) is 0 Å². The first-order valence-corrected chi connectivity index (χ1v) is 3.33. The van der Waals surface area contributed by atoms with Gasteiger partial charge in [-0.2, -0.15) is 5.10 Å². The first-order chi connectivity index (χ1) is 5.79. The van der Waals surface area contributed by atoms with E-state index in [0.29, 0.717) is 11.4 Å². The van der Waals surface area contributed by atoms with E-state index in [1.165, 1.54) is 12.5 Å². The number of aliphatic imine (C=N–C) groups is 1. The summed E-state index contributed by atoms with van der Waals surface area (Å²) in [4.78, 5) is 14.4. The van der Waals surface area contributed by atoms with Crippen molar-refractivity contribution in [1.29, 1.82) is 0 Å². The van der Waals surface area contributed by atoms with E-state index in [9.17, 15) is 4.79 Å². The van der Waals surface area contributed by atoms with E-state index >= 15 is 0 Å². The standard InChI is InChI=1S/C6H6N4O2/c11-6(12)4-3-1-7-2-8-5(3)10-9-4/h1-2,4,9H,(H,11,12)(H,7,8,10). The molecule has 2 aliphatic heterocycles. The van der Waals surface area contributed by atoms with E-state index in [1.807, 2.05) is 0 Å². The maximum Gasteiger partial charge on any atom is 0.332 e. The molecule has 1 atom stereocenters. The van der Waals surface area contributed by atoms with Crippen LogP contribution in [0.1, 0.15) is 0 Å². The average molecular weight is 166 g/mol. The summed E-state index contributed by atoms with van der Waals surface area (Å²) in [6, 6.07) is -0.773. The molecular weight excluding hydrogens is 160 g/mol. The van der Waals surface area contributed by atoms with Crippen molar-refractivity contribution in [2.45, 2.75) is 6.04 Å². The van der Waals surface area contributed by atoms with Gasteiger partial charge in [0.05, 0.1) is 6.34 Å². The Hall–Kier alpha value is -1.85. The highest BCUT2D eigenvalue weighted by molar-refractivity contribution is 6.11. The highest BCUT2D eigenvalue weighted by Crippen LogP contribution is 2.12. The maximum absolute atomic E-state index is 10.6. The van der Waals surface area contributed by atoms with E-state index in [-0.39, 0.29) is 0 Å². The second-order valence-electron chi connectivity index (χ2n) is 2.37. The lowest BCUT2D eigenvalue weighted by atomic mass is 10.1. The molecule has 0 saturated carbocycles. The molecule has 0 aliphatic carbocycles. The third-order valence-corrected chi connectivity index (χ3v) is 1.63. The van der Waals surface area contributed by atoms with Crippen molar-refractivity contribution in [3.63, 3.8) is 0 Å². The van der Waals surface area contributed by atoms with E-state index < -0.39 is 12.0 Å². The van der Waals surface area contributed by atoms with Gasteiger partial charge < -0.3 is 10.4 Å². The first-order valence-electron chi connectivity index (χ1n) is 3.33. The molecule has 0 fully saturated rings. The molecule has 0 spiro atoms. The largest absolute Gasteiger partial charge is 0.479 e. The summed E-state index contributed by atoms with van der Waals surface area (Å²) in [5.41, 5.74) is 3.04. The number of amidine groups is 1. The minimum Gasteiger partial charge on any atom is -0.479 e. The van der Waals surface area contributed by atoms with Crippen LogP contribution in [-0.4, -0.2) is 29.3 Å². The Balaban J connectivity index is 2.31. The number of carboxylic acids is 1. The SMILES string of the molecule is O=C(O)C1NN=C2NC=NC=C21. The second-order valence-corrected chi connectivity index (χ2v) is 2.37. The van der Waals surface area contributed by atoms with Crippen LogP contribution < -0.4 is 10.7 Å². The lowest BCUT2D eigenvalue weighted by Crippen LogP contribution is -2.34. The molecule has 0 aromatic carbocycles. The Bertz CT molecular complexity index is 318. The highest BCUT2D eigenvalue weighted by Gasteiger charge is 2.31. The molecule has 6 heteroatoms. The zero-order valence-electron chi connectivity index (χ0n) is 5.98. The molecule has 1 unspecified atom stereocenters. The van der Waals surface area contributed by atoms with Gasteiger partial charge in [0.2, 0.25) is 0 Å². The Morgan fingerprint density at radius 1 is 1.67 bits per heavy atom. The molecule has 62 valence electrons. The van der Waals surface area contributed by atoms with Crippen molar-refractivity contribution in [1.82, 2.24) is 10.7 Å². The van der Waals surface area contributed by atoms with Gasteiger partial charge >= 0.3 is 5.97 Å². The van der Waals surface area contributed by atoms with Crippen LogP contribution in [0.3, 0.4) is 0 Å². The lowest BCUT2D eigenvalue weighted by Gasteiger charge is -2.08. The fourth-order valence-corrected chi connectivity index (χ4v) is 1.06. The molecule has 2 rings (SSSR count). The number of hydrogen-bond donors (Lipinski definition) is 3. The Kier molecular flexibility index (Phi) is 1.33. The predicted octanol–water partition coefficient (Wildman–Crippen LogP) is -1.13. The van der Waals surface area contributed by atoms with E-state index in [1.54, 1.807) is 0 Å². The fourth-order valence-electron chi connectivity index (χ4n) is 1.06. The topological polar surface area (TPSA) is 86.1 Å². The maximum atomic E-state index is 10.6. The van der Waals surface area contributed by atoms with Crippen molar-refractivity contribution >= 4 is 18.1 Å². The number of nitrogens with one attached hydrogen (secondary N) is 2. The minimum atomic E-state index is -0.959. The molecule has 0 aromatic heterocycles. The van der Waals surface area contributed by atoms with Gasteiger partial charge in [-0.1, -0.05) is 0 Å². The third kappa shape index (κ3) is 0.849. The minimum absolute atomic E-state index is 0.525. The monoisotopic (exact) mass is 166 g/mol. The van der Waals surface area contributed by atoms with Gasteiger partial charge in [0.15, 0.2) is 11.9 Å². The Morgan fingerprint density at radius 3 is 3.25 bits per heavy atom. The molecule has 0 radical (unpaired) electrons. The van der Waals surface area contributed by atoms with E-state index in [0.717, 1.165) is 0 Å². The van der Waals surface area contributed by atoms with Crippen LogP contribution in [-0.2, 0) is 4.79 Å². The van der Waals surface area contributed by atoms with Crippen LogP contribution in [0, 0.1) is 0 Å². The van der Waals surface area contributed by atoms with E-state index in [4.69, 9.17) is 5.11 Å². The Morgan fingerprint density at radius 2 is 2.50 bits per heavy atom. The molecule has 0 saturated heterocycles. The number of aliphatic carboxylic acids is 1. The molecule has 6 nitrogen and oxygen atoms in total. The number of hydrazone groups is 1. The molecule has 0 aromatic rings. The summed E-state index contributed by atoms with van der Waals surface area (Å²) in [5, 5.41) is 15.2. The zero-order valence-corrected chi connectivity index (χ0v) is 5.98. The van der Waals surface area contributed by atoms with Crippen molar-refractivity contribution < 1.29 is 9.90 Å². The summed E-state index contributed by atoms with van der Waals surface area (Å²) in [7, 11) is 0. The van der Waals surface area contributed by atoms with Gasteiger partial charge in [-0.25, -0.2) is 9.79 Å². The van der Waals surface area contributed by atoms with Crippen LogP contribution in [0.4, 0.5) is 0 Å². The highest BCUT2D eigenvalue weighted by atomic mass is 16.4. The molecular formula is C6H6N4O2. The van der Waals surface area contributed by atoms with Gasteiger partial charge in [0.1, 0.15) is 0 Å². The van der Waals surface area contributed by atoms with Crippen LogP contribution >= 0.6 is 0 Å². The Labute approximate surface area is 67.7 Å². The summed E-state index contributed by atoms with van der Waals surface area (Å²) in [5.74, 6) is -0.434. The normalized spacial score (nSPS) is 24.8. The summed E-state index contributed by atoms with van der Waals surface area (Å²) in [6.07, 6.45) is 2.93. The summed E-state index contributed by atoms with van der Waals surface area (Å²) in [6.45, 7) is 0. The van der Waals surface area contributed by atoms with Crippen molar-refractivity contribution in [2.75, 3.05) is 0 Å². The van der Waals surface area contributed by atoms with Crippen molar-refractivity contribution in [3.05, 3.63) is 11.8 Å². The van der Waals surface area contributed by atoms with Gasteiger partial charge in [-0.05, 0) is 0 Å². The van der Waals surface area contributed by atoms with Gasteiger partial charge in [-0.3, -0.25) is 5.43 Å². The van der Waals surface area contributed by atoms with Crippen LogP contribution in [0.15, 0.2) is 21.9 Å². The molecule has 2 heterocycles. The molecule has 3 N–H and O–H groups in total. The zero-order chi connectivity index (χ0) is 8.55. The van der Waals surface area contributed by atoms with Gasteiger partial charge in [0, 0.05) is 11.8 Å². The number of carbonyl (C=O) groups is 1. The number of fused-ring (bicyclic) bond motifs is 1. The van der Waals surface area contributed by atoms with Crippen LogP contribution in [0.2, 0.25) is 0 Å². The van der Waals surface area contributed by atoms with Crippen molar-refractivity contribution in [2.24, 2.45) is 10.1 Å². The number of carboxylic acid groups (broad SMARTS) is 1. The number of hydrogen-bond acceptors (Lipinski definition) is 5. The summed E-state index contributed by atoms with van der Waals surface area (Å²) >= 11 is 0. The first kappa shape index (κ1) is 6.84. The van der Waals surface area contributed by atoms with E-state index in [2.05, 4.69) is 20.8 Å². The van der Waals surface area contributed by atoms with Crippen molar-refractivity contribution in [3.8, 4) is 0 Å².